The Morgan fingerprint density at radius 2 is 1.89 bits per heavy atom. The predicted molar refractivity (Wildman–Crippen MR) is 110 cm³/mol. The highest BCUT2D eigenvalue weighted by Gasteiger charge is 2.15. The second-order valence-electron chi connectivity index (χ2n) is 5.23. The third kappa shape index (κ3) is 4.85. The molecule has 0 saturated heterocycles. The molecule has 0 radical (unpaired) electrons. The fourth-order valence-corrected chi connectivity index (χ4v) is 2.69. The molecule has 3 rings (SSSR count). The van der Waals surface area contributed by atoms with Gasteiger partial charge in [0.1, 0.15) is 5.75 Å². The largest absolute Gasteiger partial charge is 0.457 e. The van der Waals surface area contributed by atoms with E-state index in [1.54, 1.807) is 48.5 Å². The van der Waals surface area contributed by atoms with Gasteiger partial charge in [0.2, 0.25) is 5.76 Å². The van der Waals surface area contributed by atoms with Crippen LogP contribution in [0.5, 0.6) is 5.75 Å². The summed E-state index contributed by atoms with van der Waals surface area (Å²) in [5.74, 6) is -0.204. The summed E-state index contributed by atoms with van der Waals surface area (Å²) in [6.07, 6.45) is 1.38. The number of halogens is 2. The summed E-state index contributed by atoms with van der Waals surface area (Å²) in [6.45, 7) is 0. The number of carbonyl (C=O) groups is 2. The first-order valence-electron chi connectivity index (χ1n) is 7.55. The molecule has 0 bridgehead atoms. The average Bonchev–Trinajstić information content (AvgIpc) is 3.20. The second kappa shape index (κ2) is 8.51. The molecule has 0 aliphatic carbocycles. The van der Waals surface area contributed by atoms with Crippen molar-refractivity contribution in [1.29, 1.82) is 0 Å². The first-order chi connectivity index (χ1) is 12.9. The zero-order valence-electron chi connectivity index (χ0n) is 13.6. The summed E-state index contributed by atoms with van der Waals surface area (Å²) in [7, 11) is 0. The first-order valence-corrected chi connectivity index (χ1v) is 9.12. The van der Waals surface area contributed by atoms with E-state index in [-0.39, 0.29) is 5.76 Å². The normalized spacial score (nSPS) is 10.3. The molecule has 9 heteroatoms. The summed E-state index contributed by atoms with van der Waals surface area (Å²) in [5.41, 5.74) is 1.01. The quantitative estimate of drug-likeness (QED) is 0.289. The summed E-state index contributed by atoms with van der Waals surface area (Å²) >= 11 is 13.5. The highest BCUT2D eigenvalue weighted by molar-refractivity contribution is 9.10. The predicted octanol–water partition coefficient (Wildman–Crippen LogP) is 5.80. The Hall–Kier alpha value is -2.42. The van der Waals surface area contributed by atoms with E-state index in [1.807, 2.05) is 0 Å². The molecule has 1 heterocycles. The van der Waals surface area contributed by atoms with Crippen molar-refractivity contribution in [3.05, 3.63) is 76.1 Å². The van der Waals surface area contributed by atoms with Gasteiger partial charge in [-0.25, -0.2) is 13.9 Å². The number of rotatable bonds is 4. The molecule has 27 heavy (non-hydrogen) atoms. The molecule has 3 aromatic rings. The van der Waals surface area contributed by atoms with Crippen LogP contribution in [0.4, 0.5) is 16.2 Å². The zero-order chi connectivity index (χ0) is 19.4. The van der Waals surface area contributed by atoms with Crippen LogP contribution in [0, 0.1) is 0 Å². The molecule has 138 valence electrons. The molecule has 2 aromatic carbocycles. The maximum atomic E-state index is 12.3. The first kappa shape index (κ1) is 19.3. The molecular formula is C18H12BrClN2O4S. The lowest BCUT2D eigenvalue weighted by Crippen LogP contribution is -2.26. The third-order valence-corrected chi connectivity index (χ3v) is 5.02. The molecule has 2 amide bonds. The Kier molecular flexibility index (Phi) is 6.10. The van der Waals surface area contributed by atoms with Gasteiger partial charge in [-0.3, -0.25) is 0 Å². The molecule has 0 saturated carbocycles. The van der Waals surface area contributed by atoms with Gasteiger partial charge in [-0.1, -0.05) is 24.4 Å². The number of hydrogen-bond acceptors (Lipinski definition) is 5. The SMILES string of the molecule is O=C(Oc1ccc(N(S)C(=O)Nc2ccc(Br)c(Cl)c2)cc1)c1ccco1. The molecule has 0 unspecified atom stereocenters. The van der Waals surface area contributed by atoms with Gasteiger partial charge in [-0.2, -0.15) is 0 Å². The van der Waals surface area contributed by atoms with Crippen LogP contribution in [0.2, 0.25) is 5.02 Å². The standard InChI is InChI=1S/C18H12BrClN2O4S/c19-14-8-3-11(10-15(14)20)21-18(24)22(27)12-4-6-13(7-5-12)26-17(23)16-2-1-9-25-16/h1-10,27H,(H,21,24). The lowest BCUT2D eigenvalue weighted by molar-refractivity contribution is 0.0701. The molecular weight excluding hydrogens is 456 g/mol. The fourth-order valence-electron chi connectivity index (χ4n) is 2.07. The fraction of sp³-hybridized carbons (Fsp3) is 0. The molecule has 6 nitrogen and oxygen atoms in total. The number of esters is 1. The lowest BCUT2D eigenvalue weighted by Gasteiger charge is -2.17. The van der Waals surface area contributed by atoms with Crippen LogP contribution < -0.4 is 14.4 Å². The number of furan rings is 1. The third-order valence-electron chi connectivity index (χ3n) is 3.38. The minimum Gasteiger partial charge on any atom is -0.457 e. The number of benzene rings is 2. The van der Waals surface area contributed by atoms with Gasteiger partial charge in [-0.05, 0) is 70.5 Å². The Morgan fingerprint density at radius 1 is 1.15 bits per heavy atom. The van der Waals surface area contributed by atoms with E-state index in [0.29, 0.717) is 22.1 Å². The van der Waals surface area contributed by atoms with Crippen LogP contribution in [0.25, 0.3) is 0 Å². The van der Waals surface area contributed by atoms with Crippen molar-refractivity contribution in [3.63, 3.8) is 0 Å². The van der Waals surface area contributed by atoms with E-state index < -0.39 is 12.0 Å². The Bertz CT molecular complexity index is 964. The number of thiol groups is 1. The average molecular weight is 468 g/mol. The van der Waals surface area contributed by atoms with Crippen molar-refractivity contribution in [2.75, 3.05) is 9.62 Å². The van der Waals surface area contributed by atoms with Gasteiger partial charge in [0.25, 0.3) is 0 Å². The molecule has 0 aliphatic rings. The van der Waals surface area contributed by atoms with Crippen molar-refractivity contribution in [1.82, 2.24) is 0 Å². The number of urea groups is 1. The summed E-state index contributed by atoms with van der Waals surface area (Å²) in [4.78, 5) is 24.2. The van der Waals surface area contributed by atoms with Crippen LogP contribution in [-0.2, 0) is 0 Å². The summed E-state index contributed by atoms with van der Waals surface area (Å²) in [6, 6.07) is 13.9. The molecule has 0 spiro atoms. The molecule has 1 N–H and O–H groups in total. The molecule has 0 atom stereocenters. The summed E-state index contributed by atoms with van der Waals surface area (Å²) < 4.78 is 12.0. The van der Waals surface area contributed by atoms with Gasteiger partial charge in [0, 0.05) is 10.2 Å². The number of carbonyl (C=O) groups excluding carboxylic acids is 2. The van der Waals surface area contributed by atoms with E-state index in [9.17, 15) is 9.59 Å². The monoisotopic (exact) mass is 466 g/mol. The van der Waals surface area contributed by atoms with Gasteiger partial charge >= 0.3 is 12.0 Å². The van der Waals surface area contributed by atoms with Crippen LogP contribution in [0.15, 0.2) is 69.8 Å². The maximum Gasteiger partial charge on any atom is 0.379 e. The number of anilines is 2. The molecule has 0 fully saturated rings. The maximum absolute atomic E-state index is 12.3. The second-order valence-corrected chi connectivity index (χ2v) is 6.89. The van der Waals surface area contributed by atoms with Crippen molar-refractivity contribution >= 4 is 63.7 Å². The molecule has 1 aromatic heterocycles. The van der Waals surface area contributed by atoms with Crippen LogP contribution >= 0.6 is 40.3 Å². The van der Waals surface area contributed by atoms with Gasteiger partial charge < -0.3 is 14.5 Å². The molecule has 0 aliphatic heterocycles. The van der Waals surface area contributed by atoms with E-state index in [0.717, 1.165) is 8.78 Å². The smallest absolute Gasteiger partial charge is 0.379 e. The topological polar surface area (TPSA) is 71.8 Å². The van der Waals surface area contributed by atoms with E-state index in [2.05, 4.69) is 34.1 Å². The van der Waals surface area contributed by atoms with E-state index >= 15 is 0 Å². The van der Waals surface area contributed by atoms with E-state index in [4.69, 9.17) is 20.8 Å². The van der Waals surface area contributed by atoms with Crippen LogP contribution in [-0.4, -0.2) is 12.0 Å². The number of nitrogens with one attached hydrogen (secondary N) is 1. The van der Waals surface area contributed by atoms with Crippen molar-refractivity contribution < 1.29 is 18.7 Å². The van der Waals surface area contributed by atoms with Crippen molar-refractivity contribution in [2.24, 2.45) is 0 Å². The van der Waals surface area contributed by atoms with Gasteiger partial charge in [-0.15, -0.1) is 0 Å². The number of amides is 2. The minimum atomic E-state index is -0.611. The van der Waals surface area contributed by atoms with Crippen molar-refractivity contribution in [2.45, 2.75) is 0 Å². The number of ether oxygens (including phenoxy) is 1. The van der Waals surface area contributed by atoms with Crippen LogP contribution in [0.3, 0.4) is 0 Å². The zero-order valence-corrected chi connectivity index (χ0v) is 16.8. The summed E-state index contributed by atoms with van der Waals surface area (Å²) in [5, 5.41) is 3.15. The number of nitrogens with zero attached hydrogens (tertiary/aromatic N) is 1. The van der Waals surface area contributed by atoms with E-state index in [1.165, 1.54) is 12.3 Å². The van der Waals surface area contributed by atoms with Gasteiger partial charge in [0.15, 0.2) is 0 Å². The van der Waals surface area contributed by atoms with Crippen molar-refractivity contribution in [3.8, 4) is 5.75 Å². The Labute approximate surface area is 173 Å². The number of hydrogen-bond donors (Lipinski definition) is 2. The lowest BCUT2D eigenvalue weighted by atomic mass is 10.3. The highest BCUT2D eigenvalue weighted by atomic mass is 79.9. The Morgan fingerprint density at radius 3 is 2.52 bits per heavy atom. The van der Waals surface area contributed by atoms with Gasteiger partial charge in [0.05, 0.1) is 17.0 Å². The highest BCUT2D eigenvalue weighted by Crippen LogP contribution is 2.27. The Balaban J connectivity index is 1.64. The minimum absolute atomic E-state index is 0.0995. The van der Waals surface area contributed by atoms with Crippen LogP contribution in [0.1, 0.15) is 10.6 Å².